The minimum absolute atomic E-state index is 0.241. The van der Waals surface area contributed by atoms with E-state index in [0.717, 1.165) is 6.07 Å². The predicted molar refractivity (Wildman–Crippen MR) is 62.1 cm³/mol. The van der Waals surface area contributed by atoms with Gasteiger partial charge in [-0.2, -0.15) is 0 Å². The zero-order chi connectivity index (χ0) is 13.3. The number of hydrogen-bond donors (Lipinski definition) is 1. The molecule has 18 heavy (non-hydrogen) atoms. The molecule has 1 saturated heterocycles. The molecule has 1 fully saturated rings. The summed E-state index contributed by atoms with van der Waals surface area (Å²) in [5.41, 5.74) is 0.405. The van der Waals surface area contributed by atoms with E-state index in [2.05, 4.69) is 0 Å². The molecule has 2 atom stereocenters. The standard InChI is InChI=1S/C13H15F2NO2/c1-8(11-3-2-10(14)6-12(11)15)16-5-4-9(7-16)13(17)18/h2-3,6,8-9H,4-5,7H2,1H3,(H,17,18)/t8-,9+/m1/s1. The Kier molecular flexibility index (Phi) is 3.61. The van der Waals surface area contributed by atoms with Gasteiger partial charge in [-0.05, 0) is 26.0 Å². The topological polar surface area (TPSA) is 40.5 Å². The summed E-state index contributed by atoms with van der Waals surface area (Å²) >= 11 is 0. The lowest BCUT2D eigenvalue weighted by Crippen LogP contribution is -2.26. The molecule has 0 aromatic heterocycles. The first-order chi connectivity index (χ1) is 8.49. The van der Waals surface area contributed by atoms with E-state index in [0.29, 0.717) is 25.1 Å². The summed E-state index contributed by atoms with van der Waals surface area (Å²) in [7, 11) is 0. The Morgan fingerprint density at radius 2 is 2.22 bits per heavy atom. The Morgan fingerprint density at radius 1 is 1.50 bits per heavy atom. The van der Waals surface area contributed by atoms with Crippen LogP contribution in [0, 0.1) is 17.6 Å². The van der Waals surface area contributed by atoms with Crippen molar-refractivity contribution in [3.8, 4) is 0 Å². The molecule has 0 spiro atoms. The van der Waals surface area contributed by atoms with Crippen molar-refractivity contribution in [1.82, 2.24) is 4.90 Å². The molecule has 98 valence electrons. The lowest BCUT2D eigenvalue weighted by molar-refractivity contribution is -0.141. The summed E-state index contributed by atoms with van der Waals surface area (Å²) < 4.78 is 26.5. The van der Waals surface area contributed by atoms with Crippen LogP contribution in [0.3, 0.4) is 0 Å². The SMILES string of the molecule is C[C@H](c1ccc(F)cc1F)N1CC[C@H](C(=O)O)C1. The largest absolute Gasteiger partial charge is 0.481 e. The van der Waals surface area contributed by atoms with Gasteiger partial charge in [0.15, 0.2) is 0 Å². The normalized spacial score (nSPS) is 22.1. The van der Waals surface area contributed by atoms with Gasteiger partial charge in [0, 0.05) is 24.2 Å². The van der Waals surface area contributed by atoms with Gasteiger partial charge in [0.25, 0.3) is 0 Å². The van der Waals surface area contributed by atoms with Crippen LogP contribution in [0.1, 0.15) is 24.9 Å². The maximum absolute atomic E-state index is 13.6. The van der Waals surface area contributed by atoms with Crippen molar-refractivity contribution in [2.24, 2.45) is 5.92 Å². The highest BCUT2D eigenvalue weighted by Gasteiger charge is 2.31. The van der Waals surface area contributed by atoms with E-state index in [1.54, 1.807) is 6.92 Å². The third-order valence-electron chi connectivity index (χ3n) is 3.53. The molecular formula is C13H15F2NO2. The van der Waals surface area contributed by atoms with Crippen molar-refractivity contribution in [2.45, 2.75) is 19.4 Å². The average Bonchev–Trinajstić information content (AvgIpc) is 2.77. The summed E-state index contributed by atoms with van der Waals surface area (Å²) in [5, 5.41) is 8.92. The summed E-state index contributed by atoms with van der Waals surface area (Å²) in [6, 6.07) is 3.26. The highest BCUT2D eigenvalue weighted by Crippen LogP contribution is 2.29. The van der Waals surface area contributed by atoms with Crippen molar-refractivity contribution < 1.29 is 18.7 Å². The number of hydrogen-bond acceptors (Lipinski definition) is 2. The smallest absolute Gasteiger partial charge is 0.307 e. The zero-order valence-corrected chi connectivity index (χ0v) is 10.1. The minimum Gasteiger partial charge on any atom is -0.481 e. The van der Waals surface area contributed by atoms with Gasteiger partial charge in [0.2, 0.25) is 0 Å². The summed E-state index contributed by atoms with van der Waals surface area (Å²) in [4.78, 5) is 12.8. The van der Waals surface area contributed by atoms with E-state index in [9.17, 15) is 13.6 Å². The van der Waals surface area contributed by atoms with Gasteiger partial charge < -0.3 is 5.11 Å². The first-order valence-corrected chi connectivity index (χ1v) is 5.91. The van der Waals surface area contributed by atoms with Crippen molar-refractivity contribution in [2.75, 3.05) is 13.1 Å². The van der Waals surface area contributed by atoms with Gasteiger partial charge >= 0.3 is 5.97 Å². The average molecular weight is 255 g/mol. The fourth-order valence-electron chi connectivity index (χ4n) is 2.38. The van der Waals surface area contributed by atoms with Crippen molar-refractivity contribution in [1.29, 1.82) is 0 Å². The summed E-state index contributed by atoms with van der Waals surface area (Å²) in [6.07, 6.45) is 0.572. The molecule has 1 aliphatic heterocycles. The molecule has 1 N–H and O–H groups in total. The molecule has 5 heteroatoms. The maximum atomic E-state index is 13.6. The number of carboxylic acid groups (broad SMARTS) is 1. The fourth-order valence-corrected chi connectivity index (χ4v) is 2.38. The molecule has 1 aliphatic rings. The second-order valence-corrected chi connectivity index (χ2v) is 4.66. The highest BCUT2D eigenvalue weighted by molar-refractivity contribution is 5.70. The monoisotopic (exact) mass is 255 g/mol. The maximum Gasteiger partial charge on any atom is 0.307 e. The Labute approximate surface area is 104 Å². The van der Waals surface area contributed by atoms with Crippen molar-refractivity contribution >= 4 is 5.97 Å². The third-order valence-corrected chi connectivity index (χ3v) is 3.53. The van der Waals surface area contributed by atoms with E-state index in [1.807, 2.05) is 4.90 Å². The van der Waals surface area contributed by atoms with Crippen LogP contribution in [-0.2, 0) is 4.79 Å². The molecule has 1 aromatic carbocycles. The number of benzene rings is 1. The van der Waals surface area contributed by atoms with Crippen LogP contribution in [0.5, 0.6) is 0 Å². The van der Waals surface area contributed by atoms with Crippen LogP contribution in [0.25, 0.3) is 0 Å². The number of carbonyl (C=O) groups is 1. The van der Waals surface area contributed by atoms with E-state index >= 15 is 0 Å². The van der Waals surface area contributed by atoms with Gasteiger partial charge in [0.05, 0.1) is 5.92 Å². The van der Waals surface area contributed by atoms with E-state index in [1.165, 1.54) is 12.1 Å². The Balaban J connectivity index is 2.12. The number of halogens is 2. The van der Waals surface area contributed by atoms with Crippen LogP contribution in [-0.4, -0.2) is 29.1 Å². The fraction of sp³-hybridized carbons (Fsp3) is 0.462. The molecule has 0 bridgehead atoms. The predicted octanol–water partition coefficient (Wildman–Crippen LogP) is 2.43. The molecule has 1 heterocycles. The molecule has 0 unspecified atom stereocenters. The highest BCUT2D eigenvalue weighted by atomic mass is 19.1. The Hall–Kier alpha value is -1.49. The van der Waals surface area contributed by atoms with E-state index in [4.69, 9.17) is 5.11 Å². The number of likely N-dealkylation sites (tertiary alicyclic amines) is 1. The van der Waals surface area contributed by atoms with Gasteiger partial charge in [-0.1, -0.05) is 6.07 Å². The first kappa shape index (κ1) is 13.0. The minimum atomic E-state index is -0.815. The second-order valence-electron chi connectivity index (χ2n) is 4.66. The van der Waals surface area contributed by atoms with Crippen molar-refractivity contribution in [3.05, 3.63) is 35.4 Å². The lowest BCUT2D eigenvalue weighted by atomic mass is 10.1. The number of rotatable bonds is 3. The van der Waals surface area contributed by atoms with Crippen LogP contribution in [0.2, 0.25) is 0 Å². The lowest BCUT2D eigenvalue weighted by Gasteiger charge is -2.24. The van der Waals surface area contributed by atoms with Crippen molar-refractivity contribution in [3.63, 3.8) is 0 Å². The second kappa shape index (κ2) is 5.02. The molecule has 0 amide bonds. The van der Waals surface area contributed by atoms with Crippen LogP contribution in [0.4, 0.5) is 8.78 Å². The summed E-state index contributed by atoms with van der Waals surface area (Å²) in [5.74, 6) is -2.39. The van der Waals surface area contributed by atoms with Crippen LogP contribution < -0.4 is 0 Å². The van der Waals surface area contributed by atoms with Gasteiger partial charge in [-0.25, -0.2) is 8.78 Å². The van der Waals surface area contributed by atoms with Crippen LogP contribution >= 0.6 is 0 Å². The first-order valence-electron chi connectivity index (χ1n) is 5.91. The Morgan fingerprint density at radius 3 is 2.78 bits per heavy atom. The molecule has 0 radical (unpaired) electrons. The van der Waals surface area contributed by atoms with E-state index < -0.39 is 23.5 Å². The molecule has 3 nitrogen and oxygen atoms in total. The number of aliphatic carboxylic acids is 1. The molecule has 0 aliphatic carbocycles. The molecule has 2 rings (SSSR count). The van der Waals surface area contributed by atoms with Gasteiger partial charge in [-0.3, -0.25) is 9.69 Å². The molecular weight excluding hydrogens is 240 g/mol. The van der Waals surface area contributed by atoms with Gasteiger partial charge in [-0.15, -0.1) is 0 Å². The quantitative estimate of drug-likeness (QED) is 0.901. The van der Waals surface area contributed by atoms with Crippen LogP contribution in [0.15, 0.2) is 18.2 Å². The van der Waals surface area contributed by atoms with Gasteiger partial charge in [0.1, 0.15) is 11.6 Å². The molecule has 0 saturated carbocycles. The number of nitrogens with zero attached hydrogens (tertiary/aromatic N) is 1. The Bertz CT molecular complexity index is 464. The number of carboxylic acids is 1. The summed E-state index contributed by atoms with van der Waals surface area (Å²) in [6.45, 7) is 2.84. The van der Waals surface area contributed by atoms with E-state index in [-0.39, 0.29) is 6.04 Å². The zero-order valence-electron chi connectivity index (χ0n) is 10.1. The third kappa shape index (κ3) is 2.51. The molecule has 1 aromatic rings.